The van der Waals surface area contributed by atoms with Crippen molar-refractivity contribution in [2.75, 3.05) is 0 Å². The summed E-state index contributed by atoms with van der Waals surface area (Å²) in [6, 6.07) is 0. The highest BCUT2D eigenvalue weighted by molar-refractivity contribution is 5.90. The Morgan fingerprint density at radius 2 is 1.50 bits per heavy atom. The van der Waals surface area contributed by atoms with Gasteiger partial charge in [0.05, 0.1) is 0 Å². The molecule has 10 nitrogen and oxygen atoms in total. The SMILES string of the molecule is NC(=O)C(O)C(O)C(=O)NC(O)(O)C(O)O. The molecule has 9 N–H and O–H groups in total. The zero-order valence-electron chi connectivity index (χ0n) is 7.81. The lowest BCUT2D eigenvalue weighted by atomic mass is 10.2. The first-order valence-corrected chi connectivity index (χ1v) is 3.88. The molecule has 0 aliphatic heterocycles. The summed E-state index contributed by atoms with van der Waals surface area (Å²) in [4.78, 5) is 21.3. The smallest absolute Gasteiger partial charge is 0.300 e. The van der Waals surface area contributed by atoms with Gasteiger partial charge in [-0.05, 0) is 0 Å². The van der Waals surface area contributed by atoms with E-state index in [2.05, 4.69) is 5.73 Å². The van der Waals surface area contributed by atoms with Crippen LogP contribution in [0.5, 0.6) is 0 Å². The van der Waals surface area contributed by atoms with Crippen LogP contribution in [-0.2, 0) is 9.59 Å². The molecular weight excluding hydrogens is 228 g/mol. The van der Waals surface area contributed by atoms with Gasteiger partial charge in [0.25, 0.3) is 11.8 Å². The molecule has 2 unspecified atom stereocenters. The molecule has 0 rings (SSSR count). The number of aliphatic hydroxyl groups excluding tert-OH is 3. The van der Waals surface area contributed by atoms with Crippen molar-refractivity contribution in [1.82, 2.24) is 5.32 Å². The summed E-state index contributed by atoms with van der Waals surface area (Å²) < 4.78 is 0. The molecule has 0 aromatic carbocycles. The van der Waals surface area contributed by atoms with Crippen LogP contribution in [0.4, 0.5) is 0 Å². The van der Waals surface area contributed by atoms with E-state index in [9.17, 15) is 9.59 Å². The minimum absolute atomic E-state index is 1.15. The van der Waals surface area contributed by atoms with Crippen molar-refractivity contribution in [3.8, 4) is 0 Å². The van der Waals surface area contributed by atoms with Crippen molar-refractivity contribution in [3.05, 3.63) is 0 Å². The molecular formula is C6H12N2O8. The quantitative estimate of drug-likeness (QED) is 0.217. The lowest BCUT2D eigenvalue weighted by molar-refractivity contribution is -0.302. The van der Waals surface area contributed by atoms with Gasteiger partial charge >= 0.3 is 0 Å². The van der Waals surface area contributed by atoms with Gasteiger partial charge < -0.3 is 36.4 Å². The van der Waals surface area contributed by atoms with Crippen molar-refractivity contribution in [3.63, 3.8) is 0 Å². The molecule has 94 valence electrons. The molecule has 0 aromatic heterocycles. The average molecular weight is 240 g/mol. The van der Waals surface area contributed by atoms with Crippen LogP contribution in [0, 0.1) is 0 Å². The van der Waals surface area contributed by atoms with E-state index < -0.39 is 36.2 Å². The second-order valence-corrected chi connectivity index (χ2v) is 2.88. The maximum Gasteiger partial charge on any atom is 0.300 e. The van der Waals surface area contributed by atoms with Gasteiger partial charge in [-0.2, -0.15) is 0 Å². The van der Waals surface area contributed by atoms with E-state index in [0.29, 0.717) is 0 Å². The van der Waals surface area contributed by atoms with Crippen molar-refractivity contribution < 1.29 is 40.2 Å². The standard InChI is InChI=1S/C6H12N2O8/c7-3(11)1(9)2(10)4(12)8-6(15,16)5(13)14/h1-2,5,9-10,13-16H,(H2,7,11)(H,8,12). The normalized spacial score (nSPS) is 15.7. The van der Waals surface area contributed by atoms with Crippen LogP contribution < -0.4 is 11.1 Å². The second kappa shape index (κ2) is 5.16. The van der Waals surface area contributed by atoms with Gasteiger partial charge in [0.2, 0.25) is 12.2 Å². The summed E-state index contributed by atoms with van der Waals surface area (Å²) in [6.07, 6.45) is -7.41. The second-order valence-electron chi connectivity index (χ2n) is 2.88. The van der Waals surface area contributed by atoms with Crippen LogP contribution in [0.25, 0.3) is 0 Å². The molecule has 0 fully saturated rings. The van der Waals surface area contributed by atoms with Gasteiger partial charge in [0.15, 0.2) is 12.2 Å². The number of carbonyl (C=O) groups is 2. The Kier molecular flexibility index (Phi) is 4.74. The number of rotatable bonds is 5. The molecule has 0 aliphatic rings. The van der Waals surface area contributed by atoms with E-state index in [4.69, 9.17) is 30.6 Å². The zero-order valence-corrected chi connectivity index (χ0v) is 7.81. The van der Waals surface area contributed by atoms with E-state index in [0.717, 1.165) is 5.32 Å². The van der Waals surface area contributed by atoms with Crippen molar-refractivity contribution >= 4 is 11.8 Å². The topological polar surface area (TPSA) is 194 Å². The number of carbonyl (C=O) groups excluding carboxylic acids is 2. The Hall–Kier alpha value is -1.30. The van der Waals surface area contributed by atoms with E-state index in [-0.39, 0.29) is 0 Å². The molecule has 2 atom stereocenters. The molecule has 2 amide bonds. The van der Waals surface area contributed by atoms with Gasteiger partial charge in [0, 0.05) is 0 Å². The summed E-state index contributed by atoms with van der Waals surface area (Å²) in [5.41, 5.74) is 4.55. The fourth-order valence-corrected chi connectivity index (χ4v) is 0.619. The van der Waals surface area contributed by atoms with Crippen molar-refractivity contribution in [2.24, 2.45) is 5.73 Å². The first kappa shape index (κ1) is 14.7. The predicted molar refractivity (Wildman–Crippen MR) is 44.7 cm³/mol. The van der Waals surface area contributed by atoms with Gasteiger partial charge in [0.1, 0.15) is 0 Å². The predicted octanol–water partition coefficient (Wildman–Crippen LogP) is -5.74. The van der Waals surface area contributed by atoms with Crippen LogP contribution in [0.2, 0.25) is 0 Å². The average Bonchev–Trinajstić information content (AvgIpc) is 2.14. The Morgan fingerprint density at radius 1 is 1.06 bits per heavy atom. The minimum atomic E-state index is -3.44. The van der Waals surface area contributed by atoms with Crippen LogP contribution in [0.1, 0.15) is 0 Å². The Morgan fingerprint density at radius 3 is 1.81 bits per heavy atom. The lowest BCUT2D eigenvalue weighted by Gasteiger charge is -2.26. The Bertz CT molecular complexity index is 278. The third kappa shape index (κ3) is 3.69. The van der Waals surface area contributed by atoms with E-state index in [1.807, 2.05) is 0 Å². The van der Waals surface area contributed by atoms with Gasteiger partial charge in [-0.1, -0.05) is 0 Å². The molecule has 0 aliphatic carbocycles. The molecule has 0 aromatic rings. The third-order valence-electron chi connectivity index (χ3n) is 1.53. The largest absolute Gasteiger partial charge is 0.380 e. The van der Waals surface area contributed by atoms with E-state index in [1.54, 1.807) is 0 Å². The molecule has 0 saturated heterocycles. The van der Waals surface area contributed by atoms with E-state index in [1.165, 1.54) is 0 Å². The number of amides is 2. The third-order valence-corrected chi connectivity index (χ3v) is 1.53. The maximum atomic E-state index is 10.9. The highest BCUT2D eigenvalue weighted by atomic mass is 16.6. The number of primary amides is 1. The van der Waals surface area contributed by atoms with Gasteiger partial charge in [-0.15, -0.1) is 0 Å². The number of nitrogens with one attached hydrogen (secondary N) is 1. The van der Waals surface area contributed by atoms with Crippen LogP contribution >= 0.6 is 0 Å². The fourth-order valence-electron chi connectivity index (χ4n) is 0.619. The maximum absolute atomic E-state index is 10.9. The van der Waals surface area contributed by atoms with Crippen LogP contribution in [-0.4, -0.2) is 66.9 Å². The highest BCUT2D eigenvalue weighted by Crippen LogP contribution is 2.01. The molecule has 0 saturated carbocycles. The summed E-state index contributed by atoms with van der Waals surface area (Å²) in [6.45, 7) is 0. The molecule has 10 heteroatoms. The lowest BCUT2D eigenvalue weighted by Crippen LogP contribution is -2.61. The highest BCUT2D eigenvalue weighted by Gasteiger charge is 2.38. The summed E-state index contributed by atoms with van der Waals surface area (Å²) in [5, 5.41) is 53.1. The summed E-state index contributed by atoms with van der Waals surface area (Å²) in [7, 11) is 0. The number of hydrogen-bond acceptors (Lipinski definition) is 8. The van der Waals surface area contributed by atoms with Gasteiger partial charge in [-0.3, -0.25) is 14.9 Å². The number of nitrogens with two attached hydrogens (primary N) is 1. The first-order chi connectivity index (χ1) is 7.09. The van der Waals surface area contributed by atoms with Crippen LogP contribution in [0.15, 0.2) is 0 Å². The van der Waals surface area contributed by atoms with Crippen molar-refractivity contribution in [1.29, 1.82) is 0 Å². The van der Waals surface area contributed by atoms with E-state index >= 15 is 0 Å². The molecule has 0 radical (unpaired) electrons. The molecule has 16 heavy (non-hydrogen) atoms. The molecule has 0 spiro atoms. The Balaban J connectivity index is 4.54. The first-order valence-electron chi connectivity index (χ1n) is 3.88. The molecule has 0 heterocycles. The Labute approximate surface area is 88.5 Å². The number of hydrogen-bond donors (Lipinski definition) is 8. The zero-order chi connectivity index (χ0) is 13.1. The summed E-state index contributed by atoms with van der Waals surface area (Å²) >= 11 is 0. The molecule has 0 bridgehead atoms. The fraction of sp³-hybridized carbons (Fsp3) is 0.667. The van der Waals surface area contributed by atoms with Crippen LogP contribution in [0.3, 0.4) is 0 Å². The number of aliphatic hydroxyl groups is 6. The van der Waals surface area contributed by atoms with Crippen molar-refractivity contribution in [2.45, 2.75) is 24.4 Å². The summed E-state index contributed by atoms with van der Waals surface area (Å²) in [5.74, 6) is -6.49. The monoisotopic (exact) mass is 240 g/mol. The minimum Gasteiger partial charge on any atom is -0.380 e. The van der Waals surface area contributed by atoms with Gasteiger partial charge in [-0.25, -0.2) is 0 Å².